The number of amides is 1. The third-order valence-electron chi connectivity index (χ3n) is 4.90. The fourth-order valence-electron chi connectivity index (χ4n) is 3.20. The highest BCUT2D eigenvalue weighted by molar-refractivity contribution is 7.93. The van der Waals surface area contributed by atoms with E-state index in [2.05, 4.69) is 5.32 Å². The van der Waals surface area contributed by atoms with Crippen molar-refractivity contribution in [3.63, 3.8) is 0 Å². The fraction of sp³-hybridized carbons (Fsp3) is 0.174. The molecular formula is C23H20Cl2F2N2O3S. The summed E-state index contributed by atoms with van der Waals surface area (Å²) in [5, 5.41) is 2.99. The van der Waals surface area contributed by atoms with Gasteiger partial charge < -0.3 is 5.32 Å². The van der Waals surface area contributed by atoms with Gasteiger partial charge in [-0.3, -0.25) is 9.10 Å². The molecule has 5 nitrogen and oxygen atoms in total. The summed E-state index contributed by atoms with van der Waals surface area (Å²) in [7, 11) is -4.38. The van der Waals surface area contributed by atoms with Gasteiger partial charge in [-0.25, -0.2) is 17.2 Å². The first kappa shape index (κ1) is 25.0. The van der Waals surface area contributed by atoms with Crippen molar-refractivity contribution in [3.05, 3.63) is 94.0 Å². The van der Waals surface area contributed by atoms with E-state index in [0.29, 0.717) is 14.9 Å². The Balaban J connectivity index is 1.91. The maximum Gasteiger partial charge on any atom is 0.265 e. The van der Waals surface area contributed by atoms with Crippen LogP contribution in [0.3, 0.4) is 0 Å². The standard InChI is InChI=1S/C23H20Cl2F2N2O3S/c1-15(23(30)28-13-12-16-4-2-3-5-20(16)26)29(22-14-18(25)8-11-21(22)27)33(31,32)19-9-6-17(24)7-10-19/h2-11,14-15H,12-13H2,1H3,(H,28,30). The molecule has 0 spiro atoms. The highest BCUT2D eigenvalue weighted by Crippen LogP contribution is 2.31. The number of carbonyl (C=O) groups is 1. The van der Waals surface area contributed by atoms with Crippen LogP contribution in [0.2, 0.25) is 10.0 Å². The van der Waals surface area contributed by atoms with Gasteiger partial charge in [0.2, 0.25) is 5.91 Å². The number of benzene rings is 3. The number of carbonyl (C=O) groups excluding carboxylic acids is 1. The van der Waals surface area contributed by atoms with Crippen molar-refractivity contribution < 1.29 is 22.0 Å². The molecule has 0 heterocycles. The van der Waals surface area contributed by atoms with Gasteiger partial charge >= 0.3 is 0 Å². The second kappa shape index (κ2) is 10.5. The van der Waals surface area contributed by atoms with Crippen LogP contribution in [0.25, 0.3) is 0 Å². The van der Waals surface area contributed by atoms with Gasteiger partial charge in [0.15, 0.2) is 0 Å². The Morgan fingerprint density at radius 1 is 0.970 bits per heavy atom. The summed E-state index contributed by atoms with van der Waals surface area (Å²) < 4.78 is 56.1. The Bertz CT molecular complexity index is 1250. The molecule has 1 amide bonds. The van der Waals surface area contributed by atoms with Gasteiger partial charge in [0.05, 0.1) is 10.6 Å². The second-order valence-electron chi connectivity index (χ2n) is 7.16. The highest BCUT2D eigenvalue weighted by atomic mass is 35.5. The second-order valence-corrected chi connectivity index (χ2v) is 9.85. The molecule has 0 aliphatic carbocycles. The van der Waals surface area contributed by atoms with Crippen molar-refractivity contribution in [1.82, 2.24) is 5.32 Å². The molecule has 3 rings (SSSR count). The molecule has 1 atom stereocenters. The topological polar surface area (TPSA) is 66.5 Å². The van der Waals surface area contributed by atoms with E-state index in [0.717, 1.165) is 12.1 Å². The number of rotatable bonds is 8. The Morgan fingerprint density at radius 2 is 1.61 bits per heavy atom. The number of hydrogen-bond acceptors (Lipinski definition) is 3. The summed E-state index contributed by atoms with van der Waals surface area (Å²) in [6.45, 7) is 1.38. The zero-order valence-electron chi connectivity index (χ0n) is 17.4. The molecule has 1 N–H and O–H groups in total. The summed E-state index contributed by atoms with van der Waals surface area (Å²) in [5.74, 6) is -1.97. The number of nitrogens with zero attached hydrogens (tertiary/aromatic N) is 1. The first-order chi connectivity index (χ1) is 15.6. The van der Waals surface area contributed by atoms with Crippen molar-refractivity contribution in [1.29, 1.82) is 0 Å². The van der Waals surface area contributed by atoms with E-state index in [9.17, 15) is 22.0 Å². The molecule has 0 bridgehead atoms. The van der Waals surface area contributed by atoms with Crippen LogP contribution in [0.15, 0.2) is 71.6 Å². The van der Waals surface area contributed by atoms with Gasteiger partial charge in [-0.1, -0.05) is 41.4 Å². The number of nitrogens with one attached hydrogen (secondary N) is 1. The molecule has 0 aliphatic rings. The van der Waals surface area contributed by atoms with Gasteiger partial charge in [0.25, 0.3) is 10.0 Å². The van der Waals surface area contributed by atoms with Crippen LogP contribution >= 0.6 is 23.2 Å². The Hall–Kier alpha value is -2.68. The molecular weight excluding hydrogens is 493 g/mol. The van der Waals surface area contributed by atoms with Crippen molar-refractivity contribution in [2.24, 2.45) is 0 Å². The van der Waals surface area contributed by atoms with Gasteiger partial charge in [-0.2, -0.15) is 0 Å². The third-order valence-corrected chi connectivity index (χ3v) is 7.28. The van der Waals surface area contributed by atoms with E-state index in [1.807, 2.05) is 0 Å². The minimum absolute atomic E-state index is 0.0525. The van der Waals surface area contributed by atoms with Gasteiger partial charge in [0, 0.05) is 16.6 Å². The summed E-state index contributed by atoms with van der Waals surface area (Å²) in [6.07, 6.45) is 0.195. The van der Waals surface area contributed by atoms with Gasteiger partial charge in [-0.15, -0.1) is 0 Å². The predicted molar refractivity (Wildman–Crippen MR) is 125 cm³/mol. The number of halogens is 4. The number of hydrogen-bond donors (Lipinski definition) is 1. The third kappa shape index (κ3) is 5.82. The Kier molecular flexibility index (Phi) is 7.94. The molecule has 3 aromatic rings. The lowest BCUT2D eigenvalue weighted by Crippen LogP contribution is -2.49. The summed E-state index contributed by atoms with van der Waals surface area (Å²) in [5.41, 5.74) is 0.0196. The zero-order chi connectivity index (χ0) is 24.2. The van der Waals surface area contributed by atoms with E-state index in [1.54, 1.807) is 18.2 Å². The Labute approximate surface area is 201 Å². The number of anilines is 1. The molecule has 3 aromatic carbocycles. The van der Waals surface area contributed by atoms with Crippen molar-refractivity contribution in [3.8, 4) is 0 Å². The van der Waals surface area contributed by atoms with Crippen LogP contribution in [0.1, 0.15) is 12.5 Å². The normalized spacial score (nSPS) is 12.3. The molecule has 0 aromatic heterocycles. The molecule has 0 aliphatic heterocycles. The minimum Gasteiger partial charge on any atom is -0.354 e. The van der Waals surface area contributed by atoms with Crippen LogP contribution in [0, 0.1) is 11.6 Å². The van der Waals surface area contributed by atoms with Crippen molar-refractivity contribution >= 4 is 44.8 Å². The average molecular weight is 513 g/mol. The molecule has 0 radical (unpaired) electrons. The van der Waals surface area contributed by atoms with E-state index in [-0.39, 0.29) is 28.6 Å². The highest BCUT2D eigenvalue weighted by Gasteiger charge is 2.35. The van der Waals surface area contributed by atoms with E-state index < -0.39 is 33.6 Å². The predicted octanol–water partition coefficient (Wildman–Crippen LogP) is 5.21. The zero-order valence-corrected chi connectivity index (χ0v) is 19.8. The summed E-state index contributed by atoms with van der Waals surface area (Å²) >= 11 is 11.8. The van der Waals surface area contributed by atoms with E-state index >= 15 is 0 Å². The molecule has 0 saturated carbocycles. The first-order valence-corrected chi connectivity index (χ1v) is 12.1. The summed E-state index contributed by atoms with van der Waals surface area (Å²) in [4.78, 5) is 12.7. The molecule has 0 saturated heterocycles. The van der Waals surface area contributed by atoms with E-state index in [4.69, 9.17) is 23.2 Å². The molecule has 1 unspecified atom stereocenters. The average Bonchev–Trinajstić information content (AvgIpc) is 2.77. The lowest BCUT2D eigenvalue weighted by molar-refractivity contribution is -0.121. The summed E-state index contributed by atoms with van der Waals surface area (Å²) in [6, 6.07) is 13.5. The van der Waals surface area contributed by atoms with Crippen molar-refractivity contribution in [2.75, 3.05) is 10.8 Å². The molecule has 0 fully saturated rings. The molecule has 10 heteroatoms. The number of sulfonamides is 1. The smallest absolute Gasteiger partial charge is 0.265 e. The van der Waals surface area contributed by atoms with Crippen molar-refractivity contribution in [2.45, 2.75) is 24.3 Å². The molecule has 174 valence electrons. The van der Waals surface area contributed by atoms with Gasteiger partial charge in [-0.05, 0) is 67.4 Å². The lowest BCUT2D eigenvalue weighted by Gasteiger charge is -2.30. The SMILES string of the molecule is CC(C(=O)NCCc1ccccc1F)N(c1cc(Cl)ccc1F)S(=O)(=O)c1ccc(Cl)cc1. The maximum absolute atomic E-state index is 14.7. The monoisotopic (exact) mass is 512 g/mol. The lowest BCUT2D eigenvalue weighted by atomic mass is 10.1. The van der Waals surface area contributed by atoms with Crippen LogP contribution in [-0.4, -0.2) is 26.9 Å². The molecule has 33 heavy (non-hydrogen) atoms. The van der Waals surface area contributed by atoms with Crippen LogP contribution in [0.4, 0.5) is 14.5 Å². The fourth-order valence-corrected chi connectivity index (χ4v) is 5.11. The van der Waals surface area contributed by atoms with Crippen LogP contribution in [-0.2, 0) is 21.2 Å². The van der Waals surface area contributed by atoms with E-state index in [1.165, 1.54) is 43.3 Å². The van der Waals surface area contributed by atoms with Crippen LogP contribution < -0.4 is 9.62 Å². The van der Waals surface area contributed by atoms with Crippen LogP contribution in [0.5, 0.6) is 0 Å². The minimum atomic E-state index is -4.38. The first-order valence-electron chi connectivity index (χ1n) is 9.87. The quantitative estimate of drug-likeness (QED) is 0.450. The largest absolute Gasteiger partial charge is 0.354 e. The van der Waals surface area contributed by atoms with Gasteiger partial charge in [0.1, 0.15) is 17.7 Å². The Morgan fingerprint density at radius 3 is 2.27 bits per heavy atom. The maximum atomic E-state index is 14.7.